The fourth-order valence-electron chi connectivity index (χ4n) is 4.45. The Hall–Kier alpha value is -3.76. The molecule has 39 heavy (non-hydrogen) atoms. The Kier molecular flexibility index (Phi) is 8.98. The Morgan fingerprint density at radius 3 is 1.59 bits per heavy atom. The van der Waals surface area contributed by atoms with Gasteiger partial charge in [0.05, 0.1) is 30.4 Å². The van der Waals surface area contributed by atoms with Crippen LogP contribution in [0.4, 0.5) is 0 Å². The summed E-state index contributed by atoms with van der Waals surface area (Å²) in [5.41, 5.74) is 7.22. The number of hydrogen-bond acceptors (Lipinski definition) is 8. The first-order valence-electron chi connectivity index (χ1n) is 12.5. The highest BCUT2D eigenvalue weighted by atomic mass is 32.1. The molecular weight excluding hydrogens is 538 g/mol. The topological polar surface area (TPSA) is 133 Å². The maximum absolute atomic E-state index is 12.5. The molecule has 204 valence electrons. The van der Waals surface area contributed by atoms with Crippen LogP contribution in [0.25, 0.3) is 20.2 Å². The summed E-state index contributed by atoms with van der Waals surface area (Å²) >= 11 is 2.73. The van der Waals surface area contributed by atoms with E-state index in [2.05, 4.69) is 0 Å². The van der Waals surface area contributed by atoms with Crippen molar-refractivity contribution >= 4 is 66.3 Å². The smallest absolute Gasteiger partial charge is 0.303 e. The van der Waals surface area contributed by atoms with Gasteiger partial charge in [-0.3, -0.25) is 19.2 Å². The third-order valence-electron chi connectivity index (χ3n) is 6.44. The molecule has 4 aromatic rings. The number of fused-ring (bicyclic) bond motifs is 2. The van der Waals surface area contributed by atoms with Gasteiger partial charge < -0.3 is 20.3 Å². The monoisotopic (exact) mass is 567 g/mol. The average Bonchev–Trinajstić information content (AvgIpc) is 3.52. The maximum atomic E-state index is 12.5. The van der Waals surface area contributed by atoms with Crippen molar-refractivity contribution in [3.8, 4) is 11.5 Å². The van der Waals surface area contributed by atoms with E-state index in [1.54, 1.807) is 14.2 Å². The summed E-state index contributed by atoms with van der Waals surface area (Å²) in [6.45, 7) is 0. The van der Waals surface area contributed by atoms with Crippen LogP contribution in [0.1, 0.15) is 62.6 Å². The van der Waals surface area contributed by atoms with Crippen LogP contribution >= 0.6 is 22.7 Å². The molecule has 4 rings (SSSR count). The number of benzene rings is 2. The van der Waals surface area contributed by atoms with Gasteiger partial charge in [0, 0.05) is 28.7 Å². The molecular formula is C29H29NO7S2. The van der Waals surface area contributed by atoms with Gasteiger partial charge in [0.1, 0.15) is 11.5 Å². The lowest BCUT2D eigenvalue weighted by molar-refractivity contribution is -0.137. The number of hydrogen-bond donors (Lipinski definition) is 2. The first-order valence-corrected chi connectivity index (χ1v) is 14.1. The second-order valence-electron chi connectivity index (χ2n) is 9.19. The van der Waals surface area contributed by atoms with Crippen molar-refractivity contribution in [3.63, 3.8) is 0 Å². The van der Waals surface area contributed by atoms with Gasteiger partial charge >= 0.3 is 5.97 Å². The number of Topliss-reactive ketones (excluding diaryl/α,β-unsaturated/α-hetero) is 2. The number of carboxylic acid groups (broad SMARTS) is 1. The summed E-state index contributed by atoms with van der Waals surface area (Å²) in [5, 5.41) is 10.7. The van der Waals surface area contributed by atoms with Crippen LogP contribution in [0.2, 0.25) is 0 Å². The lowest BCUT2D eigenvalue weighted by Crippen LogP contribution is -2.12. The van der Waals surface area contributed by atoms with Crippen LogP contribution in [0, 0.1) is 0 Å². The number of methoxy groups -OCH3 is 2. The van der Waals surface area contributed by atoms with Gasteiger partial charge in [0.25, 0.3) is 0 Å². The van der Waals surface area contributed by atoms with Crippen molar-refractivity contribution in [1.82, 2.24) is 0 Å². The summed E-state index contributed by atoms with van der Waals surface area (Å²) in [6.07, 6.45) is 2.21. The summed E-state index contributed by atoms with van der Waals surface area (Å²) in [5.74, 6) is -0.255. The van der Waals surface area contributed by atoms with E-state index in [0.717, 1.165) is 62.1 Å². The van der Waals surface area contributed by atoms with Crippen molar-refractivity contribution in [2.45, 2.75) is 44.9 Å². The van der Waals surface area contributed by atoms with E-state index in [4.69, 9.17) is 20.3 Å². The van der Waals surface area contributed by atoms with Crippen molar-refractivity contribution in [3.05, 3.63) is 57.3 Å². The number of carbonyl (C=O) groups is 4. The van der Waals surface area contributed by atoms with Gasteiger partial charge in [-0.1, -0.05) is 0 Å². The molecule has 2 heterocycles. The molecule has 0 fully saturated rings. The summed E-state index contributed by atoms with van der Waals surface area (Å²) in [6, 6.07) is 11.6. The number of ether oxygens (including phenoxy) is 2. The molecule has 0 aliphatic rings. The number of amides is 1. The zero-order valence-electron chi connectivity index (χ0n) is 21.7. The minimum absolute atomic E-state index is 0.0223. The van der Waals surface area contributed by atoms with Gasteiger partial charge in [-0.25, -0.2) is 0 Å². The molecule has 0 saturated heterocycles. The normalized spacial score (nSPS) is 11.1. The lowest BCUT2D eigenvalue weighted by atomic mass is 10.0. The number of thiophene rings is 2. The molecule has 2 aromatic heterocycles. The predicted molar refractivity (Wildman–Crippen MR) is 153 cm³/mol. The fraction of sp³-hybridized carbons (Fsp3) is 0.310. The SMILES string of the molecule is COc1cc2sc(C(=O)CCC(N)=O)cc2cc1CCCc1cc2cc(C(=O)CCC(=O)O)sc2cc1OC. The molecule has 3 N–H and O–H groups in total. The van der Waals surface area contributed by atoms with Crippen molar-refractivity contribution in [1.29, 1.82) is 0 Å². The molecule has 2 aromatic carbocycles. The van der Waals surface area contributed by atoms with Gasteiger partial charge in [-0.2, -0.15) is 0 Å². The highest BCUT2D eigenvalue weighted by Crippen LogP contribution is 2.36. The Morgan fingerprint density at radius 1 is 0.718 bits per heavy atom. The minimum atomic E-state index is -0.989. The molecule has 0 spiro atoms. The number of primary amides is 1. The number of rotatable bonds is 14. The van der Waals surface area contributed by atoms with Gasteiger partial charge in [0.15, 0.2) is 11.6 Å². The van der Waals surface area contributed by atoms with Crippen molar-refractivity contribution < 1.29 is 33.8 Å². The van der Waals surface area contributed by atoms with E-state index >= 15 is 0 Å². The molecule has 10 heteroatoms. The fourth-order valence-corrected chi connectivity index (χ4v) is 6.53. The summed E-state index contributed by atoms with van der Waals surface area (Å²) < 4.78 is 13.1. The summed E-state index contributed by atoms with van der Waals surface area (Å²) in [7, 11) is 3.24. The first kappa shape index (κ1) is 28.3. The van der Waals surface area contributed by atoms with Crippen LogP contribution in [0.5, 0.6) is 11.5 Å². The third-order valence-corrected chi connectivity index (χ3v) is 8.72. The van der Waals surface area contributed by atoms with Gasteiger partial charge in [0.2, 0.25) is 5.91 Å². The number of carbonyl (C=O) groups excluding carboxylic acids is 3. The Morgan fingerprint density at radius 2 is 1.18 bits per heavy atom. The van der Waals surface area contributed by atoms with Crippen LogP contribution in [-0.4, -0.2) is 42.8 Å². The second kappa shape index (κ2) is 12.4. The highest BCUT2D eigenvalue weighted by Gasteiger charge is 2.16. The van der Waals surface area contributed by atoms with Crippen molar-refractivity contribution in [2.75, 3.05) is 14.2 Å². The van der Waals surface area contributed by atoms with E-state index < -0.39 is 11.9 Å². The second-order valence-corrected chi connectivity index (χ2v) is 11.4. The maximum Gasteiger partial charge on any atom is 0.303 e. The first-order chi connectivity index (χ1) is 18.7. The third kappa shape index (κ3) is 6.82. The number of nitrogens with two attached hydrogens (primary N) is 1. The van der Waals surface area contributed by atoms with E-state index in [-0.39, 0.29) is 37.2 Å². The molecule has 0 bridgehead atoms. The lowest BCUT2D eigenvalue weighted by Gasteiger charge is -2.11. The molecule has 0 atom stereocenters. The molecule has 1 amide bonds. The van der Waals surface area contributed by atoms with Gasteiger partial charge in [-0.15, -0.1) is 22.7 Å². The molecule has 8 nitrogen and oxygen atoms in total. The Bertz CT molecular complexity index is 1450. The standard InChI is InChI=1S/C29H29NO7S2/c1-36-22-14-24-18(12-26(38-24)20(31)6-8-28(30)33)10-16(22)4-3-5-17-11-19-13-27(21(32)7-9-29(34)35)39-25(19)15-23(17)37-2/h10-15H,3-9H2,1-2H3,(H2,30,33)(H,34,35). The summed E-state index contributed by atoms with van der Waals surface area (Å²) in [4.78, 5) is 47.9. The molecule has 0 unspecified atom stereocenters. The number of ketones is 2. The van der Waals surface area contributed by atoms with Crippen LogP contribution in [0.15, 0.2) is 36.4 Å². The predicted octanol–water partition coefficient (Wildman–Crippen LogP) is 5.80. The van der Waals surface area contributed by atoms with Gasteiger partial charge in [-0.05, 0) is 77.6 Å². The number of aliphatic carboxylic acids is 1. The van der Waals surface area contributed by atoms with Crippen LogP contribution < -0.4 is 15.2 Å². The van der Waals surface area contributed by atoms with Crippen LogP contribution in [-0.2, 0) is 22.4 Å². The largest absolute Gasteiger partial charge is 0.496 e. The molecule has 0 aliphatic heterocycles. The van der Waals surface area contributed by atoms with E-state index in [0.29, 0.717) is 9.75 Å². The number of carboxylic acids is 1. The quantitative estimate of drug-likeness (QED) is 0.184. The highest BCUT2D eigenvalue weighted by molar-refractivity contribution is 7.21. The Labute approximate surface area is 233 Å². The molecule has 0 saturated carbocycles. The zero-order valence-corrected chi connectivity index (χ0v) is 23.3. The minimum Gasteiger partial charge on any atom is -0.496 e. The van der Waals surface area contributed by atoms with Crippen molar-refractivity contribution in [2.24, 2.45) is 5.73 Å². The van der Waals surface area contributed by atoms with E-state index in [1.165, 1.54) is 22.7 Å². The number of aryl methyl sites for hydroxylation is 2. The zero-order chi connectivity index (χ0) is 28.1. The molecule has 0 aliphatic carbocycles. The molecule has 0 radical (unpaired) electrons. The Balaban J connectivity index is 1.49. The van der Waals surface area contributed by atoms with Crippen LogP contribution in [0.3, 0.4) is 0 Å². The van der Waals surface area contributed by atoms with E-state index in [1.807, 2.05) is 36.4 Å². The van der Waals surface area contributed by atoms with E-state index in [9.17, 15) is 19.2 Å². The average molecular weight is 568 g/mol.